The third-order valence-corrected chi connectivity index (χ3v) is 5.94. The van der Waals surface area contributed by atoms with Crippen molar-refractivity contribution in [2.75, 3.05) is 5.32 Å². The first-order valence-electron chi connectivity index (χ1n) is 8.24. The molecule has 25 heavy (non-hydrogen) atoms. The Labute approximate surface area is 146 Å². The summed E-state index contributed by atoms with van der Waals surface area (Å²) in [5.41, 5.74) is 5.00. The molecule has 0 saturated heterocycles. The Hall–Kier alpha value is -2.19. The van der Waals surface area contributed by atoms with Crippen molar-refractivity contribution in [1.82, 2.24) is 4.72 Å². The average molecular weight is 363 g/mol. The molecule has 1 saturated carbocycles. The summed E-state index contributed by atoms with van der Waals surface area (Å²) >= 11 is 0. The third kappa shape index (κ3) is 3.74. The number of rotatable bonds is 0. The number of nitrogens with two attached hydrogens (primary N) is 1. The van der Waals surface area contributed by atoms with E-state index in [0.29, 0.717) is 19.3 Å². The number of hydrogen-bond donors (Lipinski definition) is 3. The van der Waals surface area contributed by atoms with Gasteiger partial charge >= 0.3 is 0 Å². The maximum absolute atomic E-state index is 12.6. The lowest BCUT2D eigenvalue weighted by Gasteiger charge is -2.15. The number of fused-ring (bicyclic) bond motifs is 2. The molecule has 1 fully saturated rings. The van der Waals surface area contributed by atoms with Crippen LogP contribution >= 0.6 is 0 Å². The molecule has 4 N–H and O–H groups in total. The number of hydrogen-bond acceptors (Lipinski definition) is 5. The minimum Gasteiger partial charge on any atom is -0.325 e. The number of para-hydroxylation sites is 1. The van der Waals surface area contributed by atoms with Gasteiger partial charge in [-0.05, 0) is 37.8 Å². The SMILES string of the molecule is N[C@]12C[C@@H]1/C=C/CCCCC(=O)Nc1ccccc1S(=O)(=O)NC2=O. The maximum Gasteiger partial charge on any atom is 0.266 e. The summed E-state index contributed by atoms with van der Waals surface area (Å²) in [7, 11) is -4.13. The number of benzene rings is 1. The predicted octanol–water partition coefficient (Wildman–Crippen LogP) is 1.28. The van der Waals surface area contributed by atoms with E-state index in [4.69, 9.17) is 5.73 Å². The molecule has 0 spiro atoms. The Kier molecular flexibility index (Phi) is 4.66. The summed E-state index contributed by atoms with van der Waals surface area (Å²) in [6.07, 6.45) is 6.84. The van der Waals surface area contributed by atoms with Crippen molar-refractivity contribution in [3.63, 3.8) is 0 Å². The number of carbonyl (C=O) groups is 2. The van der Waals surface area contributed by atoms with Crippen LogP contribution < -0.4 is 15.8 Å². The molecule has 1 aliphatic heterocycles. The number of nitrogens with one attached hydrogen (secondary N) is 2. The van der Waals surface area contributed by atoms with Gasteiger partial charge in [0.25, 0.3) is 15.9 Å². The molecule has 1 aromatic carbocycles. The van der Waals surface area contributed by atoms with Crippen LogP contribution in [0.2, 0.25) is 0 Å². The molecule has 7 nitrogen and oxygen atoms in total. The van der Waals surface area contributed by atoms with E-state index in [2.05, 4.69) is 10.0 Å². The third-order valence-electron chi connectivity index (χ3n) is 4.55. The Morgan fingerprint density at radius 3 is 2.72 bits per heavy atom. The molecule has 2 atom stereocenters. The second-order valence-electron chi connectivity index (χ2n) is 6.50. The zero-order chi connectivity index (χ0) is 18.1. The normalized spacial score (nSPS) is 30.5. The van der Waals surface area contributed by atoms with E-state index in [1.165, 1.54) is 18.2 Å². The average Bonchev–Trinajstić information content (AvgIpc) is 3.22. The fourth-order valence-corrected chi connectivity index (χ4v) is 4.11. The van der Waals surface area contributed by atoms with E-state index in [0.717, 1.165) is 12.8 Å². The van der Waals surface area contributed by atoms with E-state index in [-0.39, 0.29) is 22.4 Å². The monoisotopic (exact) mass is 363 g/mol. The van der Waals surface area contributed by atoms with Crippen LogP contribution in [0.1, 0.15) is 32.1 Å². The number of allylic oxidation sites excluding steroid dienone is 1. The van der Waals surface area contributed by atoms with Crippen LogP contribution in [0.15, 0.2) is 41.3 Å². The quantitative estimate of drug-likeness (QED) is 0.600. The fourth-order valence-electron chi connectivity index (χ4n) is 2.90. The Morgan fingerprint density at radius 2 is 1.92 bits per heavy atom. The smallest absolute Gasteiger partial charge is 0.266 e. The van der Waals surface area contributed by atoms with Gasteiger partial charge in [0.05, 0.1) is 5.69 Å². The molecule has 2 amide bonds. The molecule has 1 heterocycles. The van der Waals surface area contributed by atoms with Crippen molar-refractivity contribution in [2.45, 2.75) is 42.5 Å². The zero-order valence-corrected chi connectivity index (χ0v) is 14.5. The van der Waals surface area contributed by atoms with Crippen molar-refractivity contribution < 1.29 is 18.0 Å². The zero-order valence-electron chi connectivity index (χ0n) is 13.7. The van der Waals surface area contributed by atoms with Crippen molar-refractivity contribution in [3.05, 3.63) is 36.4 Å². The van der Waals surface area contributed by atoms with Crippen molar-refractivity contribution in [1.29, 1.82) is 0 Å². The van der Waals surface area contributed by atoms with Crippen LogP contribution in [-0.2, 0) is 19.6 Å². The van der Waals surface area contributed by atoms with E-state index in [1.54, 1.807) is 6.07 Å². The second kappa shape index (κ2) is 6.61. The minimum absolute atomic E-state index is 0.150. The highest BCUT2D eigenvalue weighted by molar-refractivity contribution is 7.90. The largest absolute Gasteiger partial charge is 0.325 e. The van der Waals surface area contributed by atoms with Gasteiger partial charge in [-0.15, -0.1) is 0 Å². The summed E-state index contributed by atoms with van der Waals surface area (Å²) in [5, 5.41) is 2.61. The van der Waals surface area contributed by atoms with E-state index < -0.39 is 21.5 Å². The van der Waals surface area contributed by atoms with Crippen LogP contribution in [-0.4, -0.2) is 25.8 Å². The van der Waals surface area contributed by atoms with Gasteiger partial charge in [-0.25, -0.2) is 13.1 Å². The Morgan fingerprint density at radius 1 is 1.16 bits per heavy atom. The molecule has 0 unspecified atom stereocenters. The first kappa shape index (κ1) is 17.6. The summed E-state index contributed by atoms with van der Waals surface area (Å²) in [6, 6.07) is 5.99. The summed E-state index contributed by atoms with van der Waals surface area (Å²) in [4.78, 5) is 24.3. The predicted molar refractivity (Wildman–Crippen MR) is 93.0 cm³/mol. The van der Waals surface area contributed by atoms with Gasteiger partial charge in [-0.3, -0.25) is 9.59 Å². The standard InChI is InChI=1S/C17H21N3O4S/c18-17-11-12(17)7-3-1-2-4-10-15(21)19-13-8-5-6-9-14(13)25(23,24)20-16(17)22/h3,5-9,12H,1-2,4,10-11,18H2,(H,19,21)(H,20,22)/b7-3+/t12-,17+/m0/s1. The van der Waals surface area contributed by atoms with Crippen LogP contribution in [0.5, 0.6) is 0 Å². The number of anilines is 1. The molecular weight excluding hydrogens is 342 g/mol. The van der Waals surface area contributed by atoms with Crippen molar-refractivity contribution >= 4 is 27.5 Å². The first-order chi connectivity index (χ1) is 11.8. The highest BCUT2D eigenvalue weighted by Crippen LogP contribution is 2.42. The second-order valence-corrected chi connectivity index (χ2v) is 8.15. The van der Waals surface area contributed by atoms with Gasteiger partial charge in [0.1, 0.15) is 10.4 Å². The highest BCUT2D eigenvalue weighted by atomic mass is 32.2. The summed E-state index contributed by atoms with van der Waals surface area (Å²) in [6.45, 7) is 0. The van der Waals surface area contributed by atoms with Gasteiger partial charge in [-0.2, -0.15) is 0 Å². The molecule has 0 aromatic heterocycles. The lowest BCUT2D eigenvalue weighted by Crippen LogP contribution is -2.46. The van der Waals surface area contributed by atoms with E-state index in [1.807, 2.05) is 12.2 Å². The first-order valence-corrected chi connectivity index (χ1v) is 9.73. The summed E-state index contributed by atoms with van der Waals surface area (Å²) < 4.78 is 27.2. The molecule has 3 rings (SSSR count). The van der Waals surface area contributed by atoms with Crippen molar-refractivity contribution in [2.24, 2.45) is 11.7 Å². The molecule has 0 radical (unpaired) electrons. The lowest BCUT2D eigenvalue weighted by molar-refractivity contribution is -0.121. The highest BCUT2D eigenvalue weighted by Gasteiger charge is 2.56. The minimum atomic E-state index is -4.13. The molecule has 1 aliphatic carbocycles. The van der Waals surface area contributed by atoms with Crippen LogP contribution in [0, 0.1) is 5.92 Å². The number of sulfonamides is 1. The van der Waals surface area contributed by atoms with Crippen LogP contribution in [0.25, 0.3) is 0 Å². The molecule has 134 valence electrons. The Bertz CT molecular complexity index is 834. The number of carbonyl (C=O) groups excluding carboxylic acids is 2. The molecular formula is C17H21N3O4S. The van der Waals surface area contributed by atoms with Gasteiger partial charge in [0.2, 0.25) is 5.91 Å². The van der Waals surface area contributed by atoms with Gasteiger partial charge in [0, 0.05) is 12.3 Å². The lowest BCUT2D eigenvalue weighted by atomic mass is 10.1. The van der Waals surface area contributed by atoms with Crippen LogP contribution in [0.3, 0.4) is 0 Å². The van der Waals surface area contributed by atoms with Gasteiger partial charge < -0.3 is 11.1 Å². The molecule has 8 heteroatoms. The number of amides is 2. The van der Waals surface area contributed by atoms with E-state index in [9.17, 15) is 18.0 Å². The fraction of sp³-hybridized carbons (Fsp3) is 0.412. The topological polar surface area (TPSA) is 118 Å². The summed E-state index contributed by atoms with van der Waals surface area (Å²) in [5.74, 6) is -1.15. The van der Waals surface area contributed by atoms with Crippen LogP contribution in [0.4, 0.5) is 5.69 Å². The van der Waals surface area contributed by atoms with Crippen molar-refractivity contribution in [3.8, 4) is 0 Å². The molecule has 0 bridgehead atoms. The maximum atomic E-state index is 12.6. The van der Waals surface area contributed by atoms with Gasteiger partial charge in [0.15, 0.2) is 0 Å². The van der Waals surface area contributed by atoms with E-state index >= 15 is 0 Å². The van der Waals surface area contributed by atoms with Gasteiger partial charge in [-0.1, -0.05) is 24.3 Å². The molecule has 2 aliphatic rings. The Balaban J connectivity index is 1.93. The molecule has 1 aromatic rings.